The molecule has 2 atom stereocenters. The summed E-state index contributed by atoms with van der Waals surface area (Å²) in [6.07, 6.45) is 7.86. The first-order valence-electron chi connectivity index (χ1n) is 16.0. The molecule has 5 heterocycles. The topological polar surface area (TPSA) is 136 Å². The van der Waals surface area contributed by atoms with Crippen LogP contribution in [0.5, 0.6) is 0 Å². The average Bonchev–Trinajstić information content (AvgIpc) is 3.74. The molecule has 0 saturated heterocycles. The molecular formula is C37H42MgN4O6. The van der Waals surface area contributed by atoms with Crippen LogP contribution in [0.4, 0.5) is 0 Å². The zero-order valence-electron chi connectivity index (χ0n) is 29.4. The zero-order valence-corrected chi connectivity index (χ0v) is 30.8. The van der Waals surface area contributed by atoms with Gasteiger partial charge >= 0.3 is 35.0 Å². The number of rotatable bonds is 8. The van der Waals surface area contributed by atoms with Crippen molar-refractivity contribution < 1.29 is 28.9 Å². The Kier molecular flexibility index (Phi) is 11.6. The molecule has 10 nitrogen and oxygen atoms in total. The summed E-state index contributed by atoms with van der Waals surface area (Å²) in [6, 6.07) is 0. The van der Waals surface area contributed by atoms with Gasteiger partial charge in [-0.1, -0.05) is 44.1 Å². The Hall–Kier alpha value is -3.96. The average molecular weight is 663 g/mol. The molecule has 8 bridgehead atoms. The van der Waals surface area contributed by atoms with Crippen LogP contribution in [0.1, 0.15) is 71.4 Å². The Morgan fingerprint density at radius 2 is 1.58 bits per heavy atom. The Balaban J connectivity index is 0.00000520. The Bertz CT molecular complexity index is 1930. The second-order valence-electron chi connectivity index (χ2n) is 12.1. The number of aromatic nitrogens is 1. The van der Waals surface area contributed by atoms with Gasteiger partial charge in [-0.25, -0.2) is 9.98 Å². The summed E-state index contributed by atoms with van der Waals surface area (Å²) < 4.78 is 15.3. The Labute approximate surface area is 297 Å². The summed E-state index contributed by atoms with van der Waals surface area (Å²) in [7, 11) is 4.00. The number of hydrogen-bond donors (Lipinski definition) is 0. The maximum absolute atomic E-state index is 13.4. The van der Waals surface area contributed by atoms with Gasteiger partial charge in [0.15, 0.2) is 0 Å². The molecule has 0 radical (unpaired) electrons. The molecule has 4 aliphatic rings. The number of fused-ring (bicyclic) bond motifs is 5. The van der Waals surface area contributed by atoms with E-state index < -0.39 is 11.9 Å². The third-order valence-corrected chi connectivity index (χ3v) is 9.63. The van der Waals surface area contributed by atoms with Gasteiger partial charge in [-0.2, -0.15) is 0 Å². The number of nitrogens with zero attached hydrogens (tertiary/aromatic N) is 4. The maximum atomic E-state index is 13.4. The molecule has 1 aromatic rings. The van der Waals surface area contributed by atoms with Crippen LogP contribution in [0.2, 0.25) is 0 Å². The second-order valence-corrected chi connectivity index (χ2v) is 12.1. The van der Waals surface area contributed by atoms with Crippen molar-refractivity contribution in [1.82, 2.24) is 4.98 Å². The standard InChI is InChI=1S/C37H43N4O6.Mg/c1-10-22-18(3)26-15-28-20(5)24(12-13-32(42)45-7)35(40-28)25(14-33(43)46-8)36-34(37(44)47-9)21(6)29(41-36)17-31-23(11-2)19(4)27(39-31)16-30(22)38-26;/h15-17,20,24H,10-14H2,1-9H3,(H-,38,39,40,41,44);/q-1;+2/p-1. The first-order chi connectivity index (χ1) is 22.5. The zero-order chi connectivity index (χ0) is 34.2. The van der Waals surface area contributed by atoms with Crippen molar-refractivity contribution in [3.8, 4) is 0 Å². The number of aliphatic imine (C=N–C) groups is 3. The third-order valence-electron chi connectivity index (χ3n) is 9.63. The summed E-state index contributed by atoms with van der Waals surface area (Å²) in [5, 5.41) is 15.0. The van der Waals surface area contributed by atoms with Gasteiger partial charge < -0.3 is 24.3 Å². The molecule has 48 heavy (non-hydrogen) atoms. The van der Waals surface area contributed by atoms with Crippen molar-refractivity contribution in [3.05, 3.63) is 78.8 Å². The molecule has 2 unspecified atom stereocenters. The monoisotopic (exact) mass is 662 g/mol. The molecule has 0 fully saturated rings. The van der Waals surface area contributed by atoms with Gasteiger partial charge in [-0.05, 0) is 69.9 Å². The normalized spacial score (nSPS) is 21.1. The van der Waals surface area contributed by atoms with E-state index in [9.17, 15) is 14.7 Å². The van der Waals surface area contributed by atoms with E-state index in [-0.39, 0.29) is 59.3 Å². The van der Waals surface area contributed by atoms with E-state index in [1.807, 2.05) is 19.1 Å². The fraction of sp³-hybridized carbons (Fsp3) is 0.432. The van der Waals surface area contributed by atoms with Gasteiger partial charge in [0.1, 0.15) is 0 Å². The van der Waals surface area contributed by atoms with Crippen LogP contribution in [0.25, 0.3) is 12.2 Å². The van der Waals surface area contributed by atoms with Crippen LogP contribution in [0, 0.1) is 18.8 Å². The molecule has 5 rings (SSSR count). The van der Waals surface area contributed by atoms with Gasteiger partial charge in [-0.3, -0.25) is 14.6 Å². The van der Waals surface area contributed by atoms with Gasteiger partial charge in [-0.15, -0.1) is 10.7 Å². The fourth-order valence-corrected chi connectivity index (χ4v) is 6.84. The predicted molar refractivity (Wildman–Crippen MR) is 185 cm³/mol. The summed E-state index contributed by atoms with van der Waals surface area (Å²) >= 11 is 0. The van der Waals surface area contributed by atoms with Crippen LogP contribution in [-0.4, -0.2) is 73.5 Å². The number of methoxy groups -OCH3 is 3. The molecule has 0 aliphatic carbocycles. The van der Waals surface area contributed by atoms with E-state index in [1.165, 1.54) is 21.3 Å². The van der Waals surface area contributed by atoms with E-state index >= 15 is 0 Å². The van der Waals surface area contributed by atoms with Gasteiger partial charge in [0.25, 0.3) is 0 Å². The van der Waals surface area contributed by atoms with Crippen LogP contribution in [-0.2, 0) is 30.2 Å². The van der Waals surface area contributed by atoms with Crippen molar-refractivity contribution >= 4 is 64.3 Å². The van der Waals surface area contributed by atoms with E-state index in [4.69, 9.17) is 34.2 Å². The minimum atomic E-state index is -0.578. The molecule has 248 valence electrons. The summed E-state index contributed by atoms with van der Waals surface area (Å²) in [5.74, 6) is -1.87. The van der Waals surface area contributed by atoms with Crippen molar-refractivity contribution in [2.24, 2.45) is 26.8 Å². The van der Waals surface area contributed by atoms with Crippen molar-refractivity contribution in [3.63, 3.8) is 0 Å². The van der Waals surface area contributed by atoms with Crippen molar-refractivity contribution in [2.75, 3.05) is 21.3 Å². The van der Waals surface area contributed by atoms with Crippen LogP contribution < -0.4 is 20.8 Å². The first kappa shape index (κ1) is 36.9. The molecule has 0 aromatic carbocycles. The summed E-state index contributed by atoms with van der Waals surface area (Å²) in [6.45, 7) is 12.2. The first-order valence-corrected chi connectivity index (χ1v) is 16.0. The van der Waals surface area contributed by atoms with Gasteiger partial charge in [0, 0.05) is 35.1 Å². The smallest absolute Gasteiger partial charge is 0.657 e. The minimum absolute atomic E-state index is 0. The molecule has 0 N–H and O–H groups in total. The molecular weight excluding hydrogens is 621 g/mol. The molecule has 11 heteroatoms. The molecule has 0 spiro atoms. The third kappa shape index (κ3) is 6.67. The quantitative estimate of drug-likeness (QED) is 0.237. The van der Waals surface area contributed by atoms with Crippen molar-refractivity contribution in [2.45, 2.75) is 73.6 Å². The number of esters is 2. The number of carbonyl (C=O) groups is 2. The Morgan fingerprint density at radius 1 is 0.875 bits per heavy atom. The van der Waals surface area contributed by atoms with Gasteiger partial charge in [0.05, 0.1) is 55.1 Å². The molecule has 0 amide bonds. The van der Waals surface area contributed by atoms with E-state index in [1.54, 1.807) is 0 Å². The summed E-state index contributed by atoms with van der Waals surface area (Å²) in [5.41, 5.74) is 9.50. The van der Waals surface area contributed by atoms with Crippen LogP contribution in [0.15, 0.2) is 72.0 Å². The van der Waals surface area contributed by atoms with Crippen LogP contribution >= 0.6 is 0 Å². The maximum Gasteiger partial charge on any atom is 2.00 e. The number of allylic oxidation sites excluding steroid dienone is 7. The van der Waals surface area contributed by atoms with Crippen molar-refractivity contribution in [1.29, 1.82) is 0 Å². The molecule has 1 aromatic heterocycles. The SMILES string of the molecule is CCC1=C(C)C2=CC3=NC(=C(CC(=O)OC)C4=NC(=C(C)C4=C([O-])OC)C=c4[n-]c(c(C)c4CC)=CC1=N2)C(CCC(=O)OC)C3C.[Mg+2]. The number of ether oxygens (including phenoxy) is 3. The van der Waals surface area contributed by atoms with Crippen LogP contribution in [0.3, 0.4) is 0 Å². The summed E-state index contributed by atoms with van der Waals surface area (Å²) in [4.78, 5) is 45.6. The van der Waals surface area contributed by atoms with E-state index in [0.717, 1.165) is 62.9 Å². The predicted octanol–water partition coefficient (Wildman–Crippen LogP) is 3.20. The van der Waals surface area contributed by atoms with E-state index in [0.29, 0.717) is 34.7 Å². The largest absolute Gasteiger partial charge is 2.00 e. The number of carbonyl (C=O) groups excluding carboxylic acids is 2. The minimum Gasteiger partial charge on any atom is -0.657 e. The molecule has 0 saturated carbocycles. The Morgan fingerprint density at radius 3 is 2.21 bits per heavy atom. The van der Waals surface area contributed by atoms with E-state index in [2.05, 4.69) is 40.7 Å². The second kappa shape index (κ2) is 15.1. The van der Waals surface area contributed by atoms with Gasteiger partial charge in [0.2, 0.25) is 0 Å². The molecule has 4 aliphatic heterocycles. The fourth-order valence-electron chi connectivity index (χ4n) is 6.84. The number of hydrogen-bond acceptors (Lipinski definition) is 9.